The molecule has 0 aliphatic heterocycles. The molecule has 38 heavy (non-hydrogen) atoms. The molecule has 0 bridgehead atoms. The monoisotopic (exact) mass is 520 g/mol. The summed E-state index contributed by atoms with van der Waals surface area (Å²) < 4.78 is 0. The summed E-state index contributed by atoms with van der Waals surface area (Å²) in [5.41, 5.74) is 1.29. The van der Waals surface area contributed by atoms with E-state index in [4.69, 9.17) is 0 Å². The van der Waals surface area contributed by atoms with Gasteiger partial charge in [0.1, 0.15) is 0 Å². The van der Waals surface area contributed by atoms with Crippen molar-refractivity contribution in [2.45, 2.75) is 51.4 Å². The molecular formula is C30H36N2O6. The van der Waals surface area contributed by atoms with Gasteiger partial charge in [0.25, 0.3) is 0 Å². The minimum atomic E-state index is -0.950. The molecule has 4 rings (SSSR count). The molecular weight excluding hydrogens is 484 g/mol. The number of carbonyl (C=O) groups excluding carboxylic acids is 2. The quantitative estimate of drug-likeness (QED) is 0.489. The van der Waals surface area contributed by atoms with Crippen LogP contribution in [-0.2, 0) is 19.2 Å². The first-order valence-corrected chi connectivity index (χ1v) is 13.6. The Kier molecular flexibility index (Phi) is 9.15. The molecule has 2 aromatic carbocycles. The number of anilines is 2. The third-order valence-electron chi connectivity index (χ3n) is 8.02. The van der Waals surface area contributed by atoms with Gasteiger partial charge in [-0.05, 0) is 49.9 Å². The Bertz CT molecular complexity index is 1030. The second-order valence-corrected chi connectivity index (χ2v) is 10.3. The van der Waals surface area contributed by atoms with E-state index < -0.39 is 35.6 Å². The van der Waals surface area contributed by atoms with Gasteiger partial charge in [0.05, 0.1) is 23.7 Å². The smallest absolute Gasteiger partial charge is 0.307 e. The SMILES string of the molecule is O=C(O)[C@H]1CCCC[C@@H]1C(=O)N(CCN(C(=O)[C@H]1CCCC[C@H]1C(=O)O)c1ccccc1)c1ccccc1. The van der Waals surface area contributed by atoms with Gasteiger partial charge in [-0.15, -0.1) is 0 Å². The van der Waals surface area contributed by atoms with Crippen molar-refractivity contribution in [1.82, 2.24) is 0 Å². The first-order chi connectivity index (χ1) is 18.4. The predicted octanol–water partition coefficient (Wildman–Crippen LogP) is 4.83. The Morgan fingerprint density at radius 2 is 0.868 bits per heavy atom. The van der Waals surface area contributed by atoms with Crippen LogP contribution in [0.1, 0.15) is 51.4 Å². The summed E-state index contributed by atoms with van der Waals surface area (Å²) >= 11 is 0. The van der Waals surface area contributed by atoms with Crippen LogP contribution >= 0.6 is 0 Å². The largest absolute Gasteiger partial charge is 0.481 e. The number of aliphatic carboxylic acids is 2. The van der Waals surface area contributed by atoms with E-state index in [-0.39, 0.29) is 24.9 Å². The molecule has 0 spiro atoms. The van der Waals surface area contributed by atoms with Gasteiger partial charge in [-0.25, -0.2) is 0 Å². The molecule has 202 valence electrons. The summed E-state index contributed by atoms with van der Waals surface area (Å²) in [5, 5.41) is 19.6. The zero-order valence-corrected chi connectivity index (χ0v) is 21.6. The van der Waals surface area contributed by atoms with Gasteiger partial charge in [-0.3, -0.25) is 19.2 Å². The van der Waals surface area contributed by atoms with Crippen LogP contribution in [0.3, 0.4) is 0 Å². The highest BCUT2D eigenvalue weighted by atomic mass is 16.4. The molecule has 2 aliphatic carbocycles. The Balaban J connectivity index is 1.62. The first kappa shape index (κ1) is 27.4. The van der Waals surface area contributed by atoms with Crippen molar-refractivity contribution in [3.8, 4) is 0 Å². The lowest BCUT2D eigenvalue weighted by molar-refractivity contribution is -0.148. The lowest BCUT2D eigenvalue weighted by Crippen LogP contribution is -2.48. The maximum atomic E-state index is 13.9. The minimum Gasteiger partial charge on any atom is -0.481 e. The third-order valence-corrected chi connectivity index (χ3v) is 8.02. The van der Waals surface area contributed by atoms with Crippen LogP contribution in [0.25, 0.3) is 0 Å². The molecule has 2 N–H and O–H groups in total. The number of hydrogen-bond donors (Lipinski definition) is 2. The maximum absolute atomic E-state index is 13.9. The van der Waals surface area contributed by atoms with Gasteiger partial charge < -0.3 is 20.0 Å². The summed E-state index contributed by atoms with van der Waals surface area (Å²) in [6, 6.07) is 18.2. The van der Waals surface area contributed by atoms with Crippen LogP contribution in [0.2, 0.25) is 0 Å². The van der Waals surface area contributed by atoms with E-state index in [1.54, 1.807) is 9.80 Å². The number of nitrogens with zero attached hydrogens (tertiary/aromatic N) is 2. The van der Waals surface area contributed by atoms with Gasteiger partial charge in [-0.1, -0.05) is 62.1 Å². The summed E-state index contributed by atoms with van der Waals surface area (Å²) in [7, 11) is 0. The Morgan fingerprint density at radius 3 is 1.18 bits per heavy atom. The van der Waals surface area contributed by atoms with Gasteiger partial charge in [0.15, 0.2) is 0 Å². The number of rotatable bonds is 9. The molecule has 2 fully saturated rings. The fourth-order valence-electron chi connectivity index (χ4n) is 5.99. The number of para-hydroxylation sites is 2. The Morgan fingerprint density at radius 1 is 0.553 bits per heavy atom. The number of hydrogen-bond acceptors (Lipinski definition) is 4. The summed E-state index contributed by atoms with van der Waals surface area (Å²) in [4.78, 5) is 54.8. The highest BCUT2D eigenvalue weighted by molar-refractivity contribution is 5.99. The van der Waals surface area contributed by atoms with Crippen LogP contribution < -0.4 is 9.80 Å². The van der Waals surface area contributed by atoms with Crippen molar-refractivity contribution < 1.29 is 29.4 Å². The highest BCUT2D eigenvalue weighted by Gasteiger charge is 2.40. The van der Waals surface area contributed by atoms with Crippen molar-refractivity contribution in [3.63, 3.8) is 0 Å². The molecule has 2 aliphatic rings. The second-order valence-electron chi connectivity index (χ2n) is 10.3. The molecule has 0 unspecified atom stereocenters. The predicted molar refractivity (Wildman–Crippen MR) is 144 cm³/mol. The number of carboxylic acids is 2. The van der Waals surface area contributed by atoms with E-state index >= 15 is 0 Å². The molecule has 8 nitrogen and oxygen atoms in total. The molecule has 2 saturated carbocycles. The number of carbonyl (C=O) groups is 4. The molecule has 8 heteroatoms. The van der Waals surface area contributed by atoms with Crippen molar-refractivity contribution in [2.75, 3.05) is 22.9 Å². The number of benzene rings is 2. The maximum Gasteiger partial charge on any atom is 0.307 e. The van der Waals surface area contributed by atoms with E-state index in [1.165, 1.54) is 0 Å². The molecule has 4 atom stereocenters. The van der Waals surface area contributed by atoms with Crippen molar-refractivity contribution in [1.29, 1.82) is 0 Å². The first-order valence-electron chi connectivity index (χ1n) is 13.6. The van der Waals surface area contributed by atoms with Crippen LogP contribution in [-0.4, -0.2) is 47.1 Å². The lowest BCUT2D eigenvalue weighted by Gasteiger charge is -2.36. The molecule has 0 aromatic heterocycles. The fourth-order valence-corrected chi connectivity index (χ4v) is 5.99. The standard InChI is InChI=1S/C30H36N2O6/c33-27(23-15-7-9-17-25(23)29(35)36)31(21-11-3-1-4-12-21)19-20-32(22-13-5-2-6-14-22)28(34)24-16-8-10-18-26(24)30(37)38/h1-6,11-14,23-26H,7-10,15-20H2,(H,35,36)(H,37,38)/t23-,24-,25-,26+/m0/s1. The second kappa shape index (κ2) is 12.7. The zero-order valence-electron chi connectivity index (χ0n) is 21.6. The average molecular weight is 521 g/mol. The summed E-state index contributed by atoms with van der Waals surface area (Å²) in [5.74, 6) is -5.10. The van der Waals surface area contributed by atoms with Crippen LogP contribution in [0.15, 0.2) is 60.7 Å². The van der Waals surface area contributed by atoms with E-state index in [1.807, 2.05) is 60.7 Å². The van der Waals surface area contributed by atoms with Crippen molar-refractivity contribution >= 4 is 35.1 Å². The zero-order chi connectivity index (χ0) is 27.1. The lowest BCUT2D eigenvalue weighted by atomic mass is 9.78. The van der Waals surface area contributed by atoms with E-state index in [9.17, 15) is 29.4 Å². The molecule has 0 saturated heterocycles. The Hall–Kier alpha value is -3.68. The average Bonchev–Trinajstić information content (AvgIpc) is 2.95. The van der Waals surface area contributed by atoms with Crippen LogP contribution in [0, 0.1) is 23.7 Å². The van der Waals surface area contributed by atoms with Gasteiger partial charge in [-0.2, -0.15) is 0 Å². The van der Waals surface area contributed by atoms with Gasteiger partial charge >= 0.3 is 11.9 Å². The number of carboxylic acid groups (broad SMARTS) is 2. The molecule has 0 radical (unpaired) electrons. The minimum absolute atomic E-state index is 0.163. The van der Waals surface area contributed by atoms with Crippen molar-refractivity contribution in [3.05, 3.63) is 60.7 Å². The molecule has 0 heterocycles. The van der Waals surface area contributed by atoms with E-state index in [0.29, 0.717) is 37.1 Å². The van der Waals surface area contributed by atoms with E-state index in [0.717, 1.165) is 25.7 Å². The van der Waals surface area contributed by atoms with Gasteiger partial charge in [0.2, 0.25) is 11.8 Å². The Labute approximate surface area is 223 Å². The highest BCUT2D eigenvalue weighted by Crippen LogP contribution is 2.35. The van der Waals surface area contributed by atoms with Crippen molar-refractivity contribution in [2.24, 2.45) is 23.7 Å². The third kappa shape index (κ3) is 6.23. The van der Waals surface area contributed by atoms with Gasteiger partial charge in [0, 0.05) is 24.5 Å². The van der Waals surface area contributed by atoms with Crippen LogP contribution in [0.4, 0.5) is 11.4 Å². The normalized spacial score (nSPS) is 23.3. The van der Waals surface area contributed by atoms with E-state index in [2.05, 4.69) is 0 Å². The van der Waals surface area contributed by atoms with Crippen LogP contribution in [0.5, 0.6) is 0 Å². The summed E-state index contributed by atoms with van der Waals surface area (Å²) in [6.45, 7) is 0.327. The topological polar surface area (TPSA) is 115 Å². The summed E-state index contributed by atoms with van der Waals surface area (Å²) in [6.07, 6.45) is 5.16. The fraction of sp³-hybridized carbons (Fsp3) is 0.467. The molecule has 2 aromatic rings. The molecule has 2 amide bonds. The number of amides is 2.